The highest BCUT2D eigenvalue weighted by Crippen LogP contribution is 2.38. The molecule has 1 saturated carbocycles. The van der Waals surface area contributed by atoms with Gasteiger partial charge in [0.25, 0.3) is 0 Å². The van der Waals surface area contributed by atoms with E-state index in [1.54, 1.807) is 4.90 Å². The summed E-state index contributed by atoms with van der Waals surface area (Å²) in [5.41, 5.74) is 8.06. The minimum Gasteiger partial charge on any atom is -0.488 e. The summed E-state index contributed by atoms with van der Waals surface area (Å²) in [7, 11) is 2.92. The Kier molecular flexibility index (Phi) is 12.2. The zero-order valence-corrected chi connectivity index (χ0v) is 28.7. The number of aryl methyl sites for hydroxylation is 1. The molecule has 4 rings (SSSR count). The van der Waals surface area contributed by atoms with Crippen molar-refractivity contribution >= 4 is 18.0 Å². The minimum absolute atomic E-state index is 0.0184. The minimum atomic E-state index is -0.768. The second kappa shape index (κ2) is 16.1. The Balaban J connectivity index is 1.81. The Morgan fingerprint density at radius 1 is 0.938 bits per heavy atom. The van der Waals surface area contributed by atoms with Gasteiger partial charge >= 0.3 is 12.1 Å². The van der Waals surface area contributed by atoms with E-state index < -0.39 is 23.4 Å². The summed E-state index contributed by atoms with van der Waals surface area (Å²) < 4.78 is 37.8. The van der Waals surface area contributed by atoms with E-state index in [-0.39, 0.29) is 60.5 Å². The quantitative estimate of drug-likeness (QED) is 0.164. The first-order chi connectivity index (χ1) is 22.8. The van der Waals surface area contributed by atoms with Gasteiger partial charge in [-0.15, -0.1) is 0 Å². The number of nitrogens with two attached hydrogens (primary N) is 1. The van der Waals surface area contributed by atoms with E-state index in [1.165, 1.54) is 26.4 Å². The Hall–Kier alpha value is -4.44. The zero-order chi connectivity index (χ0) is 35.0. The van der Waals surface area contributed by atoms with Gasteiger partial charge in [-0.25, -0.2) is 9.18 Å². The molecule has 0 bridgehead atoms. The molecule has 9 nitrogen and oxygen atoms in total. The van der Waals surface area contributed by atoms with Crippen LogP contribution in [-0.4, -0.2) is 68.5 Å². The molecule has 0 spiro atoms. The highest BCUT2D eigenvalue weighted by Gasteiger charge is 2.36. The number of ether oxygens (including phenoxy) is 4. The molecular weight excluding hydrogens is 615 g/mol. The van der Waals surface area contributed by atoms with E-state index in [4.69, 9.17) is 24.7 Å². The Morgan fingerprint density at radius 2 is 1.62 bits per heavy atom. The molecule has 10 heteroatoms. The normalized spacial score (nSPS) is 16.9. The first-order valence-electron chi connectivity index (χ1n) is 16.3. The van der Waals surface area contributed by atoms with E-state index in [0.29, 0.717) is 31.2 Å². The van der Waals surface area contributed by atoms with Crippen LogP contribution in [0.15, 0.2) is 60.7 Å². The predicted molar refractivity (Wildman–Crippen MR) is 181 cm³/mol. The maximum atomic E-state index is 16.2. The summed E-state index contributed by atoms with van der Waals surface area (Å²) in [6.45, 7) is 7.98. The van der Waals surface area contributed by atoms with E-state index in [2.05, 4.69) is 0 Å². The van der Waals surface area contributed by atoms with Crippen LogP contribution in [0.1, 0.15) is 79.4 Å². The van der Waals surface area contributed by atoms with Gasteiger partial charge in [0.05, 0.1) is 25.2 Å². The van der Waals surface area contributed by atoms with E-state index in [9.17, 15) is 14.4 Å². The van der Waals surface area contributed by atoms with Crippen molar-refractivity contribution in [3.8, 4) is 16.9 Å². The van der Waals surface area contributed by atoms with Crippen molar-refractivity contribution < 1.29 is 37.7 Å². The second-order valence-electron chi connectivity index (χ2n) is 13.2. The zero-order valence-electron chi connectivity index (χ0n) is 28.7. The van der Waals surface area contributed by atoms with Crippen LogP contribution < -0.4 is 10.5 Å². The van der Waals surface area contributed by atoms with Gasteiger partial charge in [-0.2, -0.15) is 0 Å². The molecule has 1 unspecified atom stereocenters. The molecule has 3 aromatic rings. The number of carbonyl (C=O) groups excluding carboxylic acids is 3. The van der Waals surface area contributed by atoms with Crippen LogP contribution in [0.4, 0.5) is 9.18 Å². The molecule has 1 aliphatic carbocycles. The van der Waals surface area contributed by atoms with Gasteiger partial charge in [0.1, 0.15) is 12.2 Å². The lowest BCUT2D eigenvalue weighted by Crippen LogP contribution is -2.47. The van der Waals surface area contributed by atoms with Crippen molar-refractivity contribution in [1.82, 2.24) is 4.90 Å². The third-order valence-electron chi connectivity index (χ3n) is 8.73. The number of rotatable bonds is 12. The first kappa shape index (κ1) is 36.4. The number of hydrogen-bond acceptors (Lipinski definition) is 7. The summed E-state index contributed by atoms with van der Waals surface area (Å²) in [4.78, 5) is 40.5. The molecule has 1 atom stereocenters. The number of halogens is 1. The van der Waals surface area contributed by atoms with Gasteiger partial charge in [0, 0.05) is 31.2 Å². The maximum absolute atomic E-state index is 16.2. The number of nitrogens with zero attached hydrogens (tertiary/aromatic N) is 1. The predicted octanol–water partition coefficient (Wildman–Crippen LogP) is 7.03. The van der Waals surface area contributed by atoms with Gasteiger partial charge < -0.3 is 29.6 Å². The standard InChI is InChI=1S/C38H47FN2O7/c1-24-12-13-27(22-30(24)33-29(35(40)42)18-19-32(34(33)39)47-21-20-45-5)31(25-10-8-7-9-11-25)23-41(37(44)48-38(2,3)4)28-16-14-26(15-17-28)36(43)46-6/h7-13,18-19,22,26,28,31H,14-17,20-21,23H2,1-6H3,(H2,40,42). The summed E-state index contributed by atoms with van der Waals surface area (Å²) in [6, 6.07) is 18.2. The SMILES string of the molecule is COCCOc1ccc(C(N)=O)c(-c2cc(C(CN(C(=O)OC(C)(C)C)C3CCC(C(=O)OC)CC3)c3ccccc3)ccc2C)c1F. The summed E-state index contributed by atoms with van der Waals surface area (Å²) in [5, 5.41) is 0. The lowest BCUT2D eigenvalue weighted by molar-refractivity contribution is -0.146. The largest absolute Gasteiger partial charge is 0.488 e. The molecule has 2 amide bonds. The maximum Gasteiger partial charge on any atom is 0.410 e. The van der Waals surface area contributed by atoms with Gasteiger partial charge in [-0.1, -0.05) is 48.5 Å². The molecule has 0 radical (unpaired) electrons. The lowest BCUT2D eigenvalue weighted by Gasteiger charge is -2.39. The molecular formula is C38H47FN2O7. The van der Waals surface area contributed by atoms with Crippen LogP contribution in [0.3, 0.4) is 0 Å². The molecule has 0 aromatic heterocycles. The Labute approximate surface area is 282 Å². The highest BCUT2D eigenvalue weighted by molar-refractivity contribution is 6.00. The van der Waals surface area contributed by atoms with Crippen LogP contribution in [0, 0.1) is 18.7 Å². The highest BCUT2D eigenvalue weighted by atomic mass is 19.1. The van der Waals surface area contributed by atoms with Crippen LogP contribution >= 0.6 is 0 Å². The summed E-state index contributed by atoms with van der Waals surface area (Å²) in [5.74, 6) is -2.28. The average molecular weight is 663 g/mol. The monoisotopic (exact) mass is 662 g/mol. The number of esters is 1. The van der Waals surface area contributed by atoms with E-state index >= 15 is 4.39 Å². The average Bonchev–Trinajstić information content (AvgIpc) is 3.05. The van der Waals surface area contributed by atoms with Crippen molar-refractivity contribution in [2.75, 3.05) is 34.0 Å². The smallest absolute Gasteiger partial charge is 0.410 e. The lowest BCUT2D eigenvalue weighted by atomic mass is 9.83. The topological polar surface area (TPSA) is 117 Å². The van der Waals surface area contributed by atoms with Crippen LogP contribution in [-0.2, 0) is 19.0 Å². The molecule has 0 aliphatic heterocycles. The fourth-order valence-electron chi connectivity index (χ4n) is 6.27. The van der Waals surface area contributed by atoms with Crippen LogP contribution in [0.2, 0.25) is 0 Å². The molecule has 0 heterocycles. The summed E-state index contributed by atoms with van der Waals surface area (Å²) >= 11 is 0. The van der Waals surface area contributed by atoms with Gasteiger partial charge in [0.2, 0.25) is 5.91 Å². The number of primary amides is 1. The van der Waals surface area contributed by atoms with Crippen molar-refractivity contribution in [1.29, 1.82) is 0 Å². The molecule has 1 aliphatic rings. The fraction of sp³-hybridized carbons (Fsp3) is 0.447. The molecule has 3 aromatic carbocycles. The molecule has 2 N–H and O–H groups in total. The fourth-order valence-corrected chi connectivity index (χ4v) is 6.27. The van der Waals surface area contributed by atoms with Crippen molar-refractivity contribution in [2.45, 2.75) is 70.9 Å². The Bertz CT molecular complexity index is 1580. The Morgan fingerprint density at radius 3 is 2.23 bits per heavy atom. The number of benzene rings is 3. The molecule has 0 saturated heterocycles. The first-order valence-corrected chi connectivity index (χ1v) is 16.3. The third-order valence-corrected chi connectivity index (χ3v) is 8.73. The van der Waals surface area contributed by atoms with Gasteiger partial charge in [-0.3, -0.25) is 9.59 Å². The number of methoxy groups -OCH3 is 2. The van der Waals surface area contributed by atoms with Gasteiger partial charge in [0.15, 0.2) is 11.6 Å². The van der Waals surface area contributed by atoms with E-state index in [1.807, 2.05) is 76.2 Å². The molecule has 48 heavy (non-hydrogen) atoms. The molecule has 1 fully saturated rings. The number of amides is 2. The van der Waals surface area contributed by atoms with Crippen LogP contribution in [0.25, 0.3) is 11.1 Å². The second-order valence-corrected chi connectivity index (χ2v) is 13.2. The van der Waals surface area contributed by atoms with Crippen molar-refractivity contribution in [3.05, 3.63) is 88.7 Å². The van der Waals surface area contributed by atoms with Crippen molar-refractivity contribution in [3.63, 3.8) is 0 Å². The number of carbonyl (C=O) groups is 3. The van der Waals surface area contributed by atoms with Gasteiger partial charge in [-0.05, 0) is 87.8 Å². The van der Waals surface area contributed by atoms with E-state index in [0.717, 1.165) is 16.7 Å². The summed E-state index contributed by atoms with van der Waals surface area (Å²) in [6.07, 6.45) is 1.98. The number of hydrogen-bond donors (Lipinski definition) is 1. The molecule has 258 valence electrons. The third kappa shape index (κ3) is 8.92. The van der Waals surface area contributed by atoms with Crippen LogP contribution in [0.5, 0.6) is 5.75 Å². The van der Waals surface area contributed by atoms with Crippen molar-refractivity contribution in [2.24, 2.45) is 11.7 Å².